The normalized spacial score (nSPS) is 10.9. The molecule has 120 valence electrons. The molecule has 0 radical (unpaired) electrons. The van der Waals surface area contributed by atoms with Gasteiger partial charge in [-0.2, -0.15) is 9.50 Å². The highest BCUT2D eigenvalue weighted by atomic mass is 16.5. The first-order valence-corrected chi connectivity index (χ1v) is 7.28. The van der Waals surface area contributed by atoms with E-state index in [1.165, 1.54) is 0 Å². The average molecular weight is 322 g/mol. The van der Waals surface area contributed by atoms with Crippen LogP contribution >= 0.6 is 0 Å². The first-order valence-electron chi connectivity index (χ1n) is 7.28. The van der Waals surface area contributed by atoms with Crippen molar-refractivity contribution >= 4 is 5.78 Å². The number of rotatable bonds is 4. The minimum absolute atomic E-state index is 0.483. The largest absolute Gasteiger partial charge is 0.497 e. The molecule has 0 atom stereocenters. The molecular weight excluding hydrogens is 308 g/mol. The summed E-state index contributed by atoms with van der Waals surface area (Å²) in [4.78, 5) is 8.77. The van der Waals surface area contributed by atoms with Crippen molar-refractivity contribution < 1.29 is 13.9 Å². The van der Waals surface area contributed by atoms with Crippen molar-refractivity contribution in [3.05, 3.63) is 48.9 Å². The number of fused-ring (bicyclic) bond motifs is 1. The maximum Gasteiger partial charge on any atom is 0.253 e. The molecule has 3 heterocycles. The van der Waals surface area contributed by atoms with Crippen LogP contribution in [0.2, 0.25) is 0 Å². The van der Waals surface area contributed by atoms with E-state index in [9.17, 15) is 0 Å². The van der Waals surface area contributed by atoms with Crippen molar-refractivity contribution in [3.8, 4) is 34.3 Å². The van der Waals surface area contributed by atoms with Crippen LogP contribution in [0.3, 0.4) is 0 Å². The van der Waals surface area contributed by atoms with E-state index in [4.69, 9.17) is 13.9 Å². The third-order valence-electron chi connectivity index (χ3n) is 3.66. The van der Waals surface area contributed by atoms with Gasteiger partial charge in [-0.05, 0) is 30.3 Å². The zero-order valence-electron chi connectivity index (χ0n) is 13.1. The summed E-state index contributed by atoms with van der Waals surface area (Å²) in [6.45, 7) is 0. The Hall–Kier alpha value is -3.35. The lowest BCUT2D eigenvalue weighted by molar-refractivity contribution is 0.395. The van der Waals surface area contributed by atoms with Crippen LogP contribution in [0, 0.1) is 0 Å². The van der Waals surface area contributed by atoms with Gasteiger partial charge in [0, 0.05) is 12.3 Å². The second-order valence-corrected chi connectivity index (χ2v) is 5.02. The van der Waals surface area contributed by atoms with Crippen LogP contribution in [0.1, 0.15) is 0 Å². The molecule has 0 amide bonds. The van der Waals surface area contributed by atoms with Gasteiger partial charge in [0.25, 0.3) is 5.78 Å². The van der Waals surface area contributed by atoms with E-state index in [2.05, 4.69) is 15.1 Å². The molecule has 0 bridgehead atoms. The van der Waals surface area contributed by atoms with Gasteiger partial charge in [-0.3, -0.25) is 0 Å². The first kappa shape index (κ1) is 14.3. The van der Waals surface area contributed by atoms with Crippen LogP contribution < -0.4 is 9.47 Å². The summed E-state index contributed by atoms with van der Waals surface area (Å²) in [5.74, 6) is 3.02. The van der Waals surface area contributed by atoms with Crippen molar-refractivity contribution in [2.45, 2.75) is 0 Å². The first-order chi connectivity index (χ1) is 11.8. The number of aromatic nitrogens is 4. The van der Waals surface area contributed by atoms with Gasteiger partial charge in [-0.15, -0.1) is 5.10 Å². The number of furan rings is 1. The molecule has 7 heteroatoms. The van der Waals surface area contributed by atoms with Gasteiger partial charge < -0.3 is 13.9 Å². The number of nitrogens with zero attached hydrogens (tertiary/aromatic N) is 4. The highest BCUT2D eigenvalue weighted by molar-refractivity contribution is 5.67. The van der Waals surface area contributed by atoms with Gasteiger partial charge in [0.15, 0.2) is 11.6 Å². The fourth-order valence-electron chi connectivity index (χ4n) is 2.50. The van der Waals surface area contributed by atoms with Gasteiger partial charge in [-0.1, -0.05) is 0 Å². The maximum atomic E-state index is 5.46. The number of hydrogen-bond acceptors (Lipinski definition) is 6. The van der Waals surface area contributed by atoms with Crippen LogP contribution in [0.15, 0.2) is 53.3 Å². The van der Waals surface area contributed by atoms with Gasteiger partial charge in [-0.25, -0.2) is 4.98 Å². The van der Waals surface area contributed by atoms with Crippen molar-refractivity contribution in [2.24, 2.45) is 0 Å². The predicted octanol–water partition coefficient (Wildman–Crippen LogP) is 3.07. The minimum atomic E-state index is 0.483. The topological polar surface area (TPSA) is 74.7 Å². The SMILES string of the molecule is COc1ccc(-c2nc3nccc(-c4ccco4)n3n2)c(OC)c1. The molecule has 4 rings (SSSR count). The Bertz CT molecular complexity index is 992. The monoisotopic (exact) mass is 322 g/mol. The maximum absolute atomic E-state index is 5.46. The predicted molar refractivity (Wildman–Crippen MR) is 87.0 cm³/mol. The van der Waals surface area contributed by atoms with E-state index in [-0.39, 0.29) is 0 Å². The molecule has 0 aliphatic rings. The number of benzene rings is 1. The zero-order valence-corrected chi connectivity index (χ0v) is 13.1. The Morgan fingerprint density at radius 1 is 1.08 bits per heavy atom. The quantitative estimate of drug-likeness (QED) is 0.575. The zero-order chi connectivity index (χ0) is 16.5. The van der Waals surface area contributed by atoms with Crippen LogP contribution in [-0.2, 0) is 0 Å². The van der Waals surface area contributed by atoms with E-state index >= 15 is 0 Å². The summed E-state index contributed by atoms with van der Waals surface area (Å²) in [7, 11) is 3.21. The van der Waals surface area contributed by atoms with E-state index in [1.54, 1.807) is 37.3 Å². The number of hydrogen-bond donors (Lipinski definition) is 0. The molecule has 0 unspecified atom stereocenters. The van der Waals surface area contributed by atoms with Crippen LogP contribution in [-0.4, -0.2) is 33.8 Å². The Balaban J connectivity index is 1.89. The summed E-state index contributed by atoms with van der Waals surface area (Å²) in [5, 5.41) is 4.57. The van der Waals surface area contributed by atoms with E-state index in [0.717, 1.165) is 11.3 Å². The fraction of sp³-hybridized carbons (Fsp3) is 0.118. The highest BCUT2D eigenvalue weighted by Crippen LogP contribution is 2.32. The molecule has 0 saturated carbocycles. The van der Waals surface area contributed by atoms with Crippen molar-refractivity contribution in [1.29, 1.82) is 0 Å². The van der Waals surface area contributed by atoms with Crippen molar-refractivity contribution in [1.82, 2.24) is 19.6 Å². The van der Waals surface area contributed by atoms with E-state index < -0.39 is 0 Å². The summed E-state index contributed by atoms with van der Waals surface area (Å²) >= 11 is 0. The lowest BCUT2D eigenvalue weighted by Crippen LogP contribution is -1.95. The summed E-state index contributed by atoms with van der Waals surface area (Å²) < 4.78 is 17.8. The molecule has 0 N–H and O–H groups in total. The Morgan fingerprint density at radius 3 is 2.75 bits per heavy atom. The standard InChI is InChI=1S/C17H14N4O3/c1-22-11-5-6-12(15(10-11)23-2)16-19-17-18-8-7-13(21(17)20-16)14-4-3-9-24-14/h3-10H,1-2H3. The molecule has 3 aromatic heterocycles. The summed E-state index contributed by atoms with van der Waals surface area (Å²) in [6.07, 6.45) is 3.29. The second kappa shape index (κ2) is 5.69. The number of ether oxygens (including phenoxy) is 2. The van der Waals surface area contributed by atoms with E-state index in [1.807, 2.05) is 30.3 Å². The molecular formula is C17H14N4O3. The molecule has 0 aliphatic heterocycles. The molecule has 4 aromatic rings. The van der Waals surface area contributed by atoms with Crippen molar-refractivity contribution in [2.75, 3.05) is 14.2 Å². The number of methoxy groups -OCH3 is 2. The van der Waals surface area contributed by atoms with Gasteiger partial charge in [0.2, 0.25) is 0 Å². The molecule has 0 spiro atoms. The Labute approximate surface area is 137 Å². The molecule has 24 heavy (non-hydrogen) atoms. The highest BCUT2D eigenvalue weighted by Gasteiger charge is 2.16. The third-order valence-corrected chi connectivity index (χ3v) is 3.66. The fourth-order valence-corrected chi connectivity index (χ4v) is 2.50. The smallest absolute Gasteiger partial charge is 0.253 e. The lowest BCUT2D eigenvalue weighted by atomic mass is 10.2. The Kier molecular flexibility index (Phi) is 3.38. The molecule has 7 nitrogen and oxygen atoms in total. The lowest BCUT2D eigenvalue weighted by Gasteiger charge is -2.07. The van der Waals surface area contributed by atoms with Crippen LogP contribution in [0.4, 0.5) is 0 Å². The third kappa shape index (κ3) is 2.26. The molecule has 0 fully saturated rings. The average Bonchev–Trinajstić information content (AvgIpc) is 3.30. The van der Waals surface area contributed by atoms with Crippen LogP contribution in [0.25, 0.3) is 28.6 Å². The second-order valence-electron chi connectivity index (χ2n) is 5.02. The van der Waals surface area contributed by atoms with Gasteiger partial charge in [0.1, 0.15) is 17.2 Å². The summed E-state index contributed by atoms with van der Waals surface area (Å²) in [5.41, 5.74) is 1.53. The van der Waals surface area contributed by atoms with E-state index in [0.29, 0.717) is 28.9 Å². The van der Waals surface area contributed by atoms with Crippen LogP contribution in [0.5, 0.6) is 11.5 Å². The van der Waals surface area contributed by atoms with Gasteiger partial charge >= 0.3 is 0 Å². The minimum Gasteiger partial charge on any atom is -0.497 e. The van der Waals surface area contributed by atoms with Gasteiger partial charge in [0.05, 0.1) is 26.0 Å². The molecule has 0 saturated heterocycles. The summed E-state index contributed by atoms with van der Waals surface area (Å²) in [6, 6.07) is 11.0. The van der Waals surface area contributed by atoms with Crippen molar-refractivity contribution in [3.63, 3.8) is 0 Å². The molecule has 0 aliphatic carbocycles. The Morgan fingerprint density at radius 2 is 2.00 bits per heavy atom. The molecule has 1 aromatic carbocycles.